The molecule has 190 valence electrons. The Morgan fingerprint density at radius 3 is 1.97 bits per heavy atom. The largest absolute Gasteiger partial charge is 0.298 e. The second kappa shape index (κ2) is 10.3. The number of nitrogens with zero attached hydrogens (tertiary/aromatic N) is 4. The molecule has 6 aromatic rings. The lowest BCUT2D eigenvalue weighted by molar-refractivity contribution is 0.608. The smallest absolute Gasteiger partial charge is 0.160 e. The Hall–Kier alpha value is -4.57. The fourth-order valence-electron chi connectivity index (χ4n) is 5.85. The van der Waals surface area contributed by atoms with Crippen LogP contribution in [-0.2, 0) is 12.8 Å². The van der Waals surface area contributed by atoms with Crippen molar-refractivity contribution in [3.05, 3.63) is 121 Å². The molecular weight excluding hydrogens is 476 g/mol. The highest BCUT2D eigenvalue weighted by molar-refractivity contribution is 5.87. The minimum absolute atomic E-state index is 0.716. The third-order valence-corrected chi connectivity index (χ3v) is 7.78. The van der Waals surface area contributed by atoms with Gasteiger partial charge < -0.3 is 0 Å². The summed E-state index contributed by atoms with van der Waals surface area (Å²) in [6.45, 7) is 0. The van der Waals surface area contributed by atoms with E-state index >= 15 is 0 Å². The van der Waals surface area contributed by atoms with Gasteiger partial charge >= 0.3 is 0 Å². The molecule has 0 aliphatic heterocycles. The molecule has 0 radical (unpaired) electrons. The molecule has 0 unspecified atom stereocenters. The van der Waals surface area contributed by atoms with E-state index in [-0.39, 0.29) is 0 Å². The maximum absolute atomic E-state index is 5.02. The highest BCUT2D eigenvalue weighted by Crippen LogP contribution is 2.34. The van der Waals surface area contributed by atoms with Crippen LogP contribution in [0.5, 0.6) is 0 Å². The first-order valence-corrected chi connectivity index (χ1v) is 13.9. The lowest BCUT2D eigenvalue weighted by atomic mass is 9.97. The zero-order valence-corrected chi connectivity index (χ0v) is 21.9. The molecule has 7 rings (SSSR count). The Kier molecular flexibility index (Phi) is 6.22. The molecule has 0 fully saturated rings. The third-order valence-electron chi connectivity index (χ3n) is 7.78. The molecule has 39 heavy (non-hydrogen) atoms. The standard InChI is InChI=1S/C35H30N4/c1-2-10-19-32-28(17-9-1)29-18-11-12-20-33(29)39(32)34-22-21-27(24-36-34)31-23-30(25-13-5-3-6-14-25)37-35(38-31)26-15-7-4-8-16-26/h3-8,11-16,18,20-24H,1-2,9-10,17,19H2. The van der Waals surface area contributed by atoms with E-state index in [1.807, 2.05) is 42.6 Å². The maximum Gasteiger partial charge on any atom is 0.160 e. The summed E-state index contributed by atoms with van der Waals surface area (Å²) >= 11 is 0. The van der Waals surface area contributed by atoms with E-state index in [0.717, 1.165) is 46.7 Å². The summed E-state index contributed by atoms with van der Waals surface area (Å²) in [6, 6.07) is 35.6. The molecule has 4 nitrogen and oxygen atoms in total. The summed E-state index contributed by atoms with van der Waals surface area (Å²) in [6.07, 6.45) is 9.31. The van der Waals surface area contributed by atoms with Crippen LogP contribution in [0.2, 0.25) is 0 Å². The van der Waals surface area contributed by atoms with E-state index in [0.29, 0.717) is 5.82 Å². The van der Waals surface area contributed by atoms with Crippen LogP contribution in [-0.4, -0.2) is 19.5 Å². The topological polar surface area (TPSA) is 43.6 Å². The van der Waals surface area contributed by atoms with Crippen molar-refractivity contribution in [3.8, 4) is 39.7 Å². The molecule has 0 amide bonds. The quantitative estimate of drug-likeness (QED) is 0.241. The van der Waals surface area contributed by atoms with Gasteiger partial charge in [0.2, 0.25) is 0 Å². The van der Waals surface area contributed by atoms with Crippen molar-refractivity contribution in [1.82, 2.24) is 19.5 Å². The lowest BCUT2D eigenvalue weighted by Crippen LogP contribution is -2.06. The molecule has 0 spiro atoms. The highest BCUT2D eigenvalue weighted by atomic mass is 15.1. The Bertz CT molecular complexity index is 1680. The predicted octanol–water partition coefficient (Wildman–Crippen LogP) is 8.48. The SMILES string of the molecule is c1ccc(-c2cc(-c3ccc(-n4c5c(c6ccccc64)CCCCCC5)nc3)nc(-c3ccccc3)n2)cc1. The fourth-order valence-corrected chi connectivity index (χ4v) is 5.85. The molecule has 0 N–H and O–H groups in total. The van der Waals surface area contributed by atoms with E-state index in [4.69, 9.17) is 15.0 Å². The average molecular weight is 507 g/mol. The second-order valence-electron chi connectivity index (χ2n) is 10.3. The zero-order chi connectivity index (χ0) is 26.0. The van der Waals surface area contributed by atoms with Crippen LogP contribution in [0.4, 0.5) is 0 Å². The van der Waals surface area contributed by atoms with Crippen molar-refractivity contribution in [2.45, 2.75) is 38.5 Å². The van der Waals surface area contributed by atoms with Crippen molar-refractivity contribution in [1.29, 1.82) is 0 Å². The van der Waals surface area contributed by atoms with E-state index in [9.17, 15) is 0 Å². The molecule has 1 aliphatic carbocycles. The van der Waals surface area contributed by atoms with E-state index in [2.05, 4.69) is 71.3 Å². The summed E-state index contributed by atoms with van der Waals surface area (Å²) in [4.78, 5) is 14.9. The number of fused-ring (bicyclic) bond motifs is 3. The van der Waals surface area contributed by atoms with E-state index in [1.54, 1.807) is 0 Å². The molecule has 0 saturated carbocycles. The summed E-state index contributed by atoms with van der Waals surface area (Å²) in [5, 5.41) is 1.37. The fraction of sp³-hybridized carbons (Fsp3) is 0.171. The van der Waals surface area contributed by atoms with Crippen molar-refractivity contribution >= 4 is 10.9 Å². The minimum Gasteiger partial charge on any atom is -0.298 e. The monoisotopic (exact) mass is 506 g/mol. The Morgan fingerprint density at radius 1 is 0.564 bits per heavy atom. The first-order chi connectivity index (χ1) is 19.3. The number of hydrogen-bond acceptors (Lipinski definition) is 3. The molecule has 3 heterocycles. The van der Waals surface area contributed by atoms with Crippen molar-refractivity contribution < 1.29 is 0 Å². The van der Waals surface area contributed by atoms with Gasteiger partial charge in [-0.15, -0.1) is 0 Å². The molecule has 0 atom stereocenters. The van der Waals surface area contributed by atoms with E-state index in [1.165, 1.54) is 47.8 Å². The van der Waals surface area contributed by atoms with Gasteiger partial charge in [-0.2, -0.15) is 0 Å². The van der Waals surface area contributed by atoms with Crippen molar-refractivity contribution in [2.24, 2.45) is 0 Å². The number of pyridine rings is 1. The van der Waals surface area contributed by atoms with Gasteiger partial charge in [0.1, 0.15) is 5.82 Å². The van der Waals surface area contributed by atoms with Crippen molar-refractivity contribution in [3.63, 3.8) is 0 Å². The van der Waals surface area contributed by atoms with Crippen LogP contribution >= 0.6 is 0 Å². The first-order valence-electron chi connectivity index (χ1n) is 13.9. The van der Waals surface area contributed by atoms with Gasteiger partial charge in [-0.05, 0) is 55.5 Å². The van der Waals surface area contributed by atoms with Crippen molar-refractivity contribution in [2.75, 3.05) is 0 Å². The Morgan fingerprint density at radius 2 is 1.23 bits per heavy atom. The predicted molar refractivity (Wildman–Crippen MR) is 159 cm³/mol. The van der Waals surface area contributed by atoms with Crippen LogP contribution < -0.4 is 0 Å². The minimum atomic E-state index is 0.716. The second-order valence-corrected chi connectivity index (χ2v) is 10.3. The zero-order valence-electron chi connectivity index (χ0n) is 21.9. The summed E-state index contributed by atoms with van der Waals surface area (Å²) in [5.74, 6) is 1.69. The molecule has 0 saturated heterocycles. The van der Waals surface area contributed by atoms with Gasteiger partial charge in [0.25, 0.3) is 0 Å². The molecule has 4 heteroatoms. The van der Waals surface area contributed by atoms with Gasteiger partial charge in [0.05, 0.1) is 16.9 Å². The van der Waals surface area contributed by atoms with Gasteiger partial charge in [-0.25, -0.2) is 15.0 Å². The normalized spacial score (nSPS) is 13.5. The van der Waals surface area contributed by atoms with E-state index < -0.39 is 0 Å². The number of para-hydroxylation sites is 1. The lowest BCUT2D eigenvalue weighted by Gasteiger charge is -2.15. The number of aryl methyl sites for hydroxylation is 1. The summed E-state index contributed by atoms with van der Waals surface area (Å²) in [5.41, 5.74) is 9.01. The number of hydrogen-bond donors (Lipinski definition) is 0. The molecule has 3 aromatic heterocycles. The van der Waals surface area contributed by atoms with Crippen LogP contribution in [0.15, 0.2) is 109 Å². The van der Waals surface area contributed by atoms with Crippen LogP contribution in [0.25, 0.3) is 50.6 Å². The molecule has 0 bridgehead atoms. The van der Waals surface area contributed by atoms with Crippen LogP contribution in [0.3, 0.4) is 0 Å². The average Bonchev–Trinajstić information content (AvgIpc) is 3.29. The maximum atomic E-state index is 5.02. The number of rotatable bonds is 4. The Labute approximate surface area is 229 Å². The van der Waals surface area contributed by atoms with Crippen LogP contribution in [0.1, 0.15) is 36.9 Å². The first kappa shape index (κ1) is 23.5. The summed E-state index contributed by atoms with van der Waals surface area (Å²) < 4.78 is 2.39. The summed E-state index contributed by atoms with van der Waals surface area (Å²) in [7, 11) is 0. The molecule has 1 aliphatic rings. The number of aromatic nitrogens is 4. The van der Waals surface area contributed by atoms with Crippen LogP contribution in [0, 0.1) is 0 Å². The van der Waals surface area contributed by atoms with Gasteiger partial charge in [-0.1, -0.05) is 91.7 Å². The van der Waals surface area contributed by atoms with Gasteiger partial charge in [0, 0.05) is 34.0 Å². The van der Waals surface area contributed by atoms with Gasteiger partial charge in [0.15, 0.2) is 5.82 Å². The highest BCUT2D eigenvalue weighted by Gasteiger charge is 2.20. The van der Waals surface area contributed by atoms with Gasteiger partial charge in [-0.3, -0.25) is 4.57 Å². The number of benzene rings is 3. The molecular formula is C35H30N4. The Balaban J connectivity index is 1.33. The molecule has 3 aromatic carbocycles. The third kappa shape index (κ3) is 4.52.